The van der Waals surface area contributed by atoms with Gasteiger partial charge in [0.25, 0.3) is 0 Å². The van der Waals surface area contributed by atoms with Crippen molar-refractivity contribution in [3.8, 4) is 6.07 Å². The molecule has 0 bridgehead atoms. The number of rotatable bonds is 1. The third kappa shape index (κ3) is 1.84. The summed E-state index contributed by atoms with van der Waals surface area (Å²) in [5, 5.41) is 8.90. The van der Waals surface area contributed by atoms with Crippen LogP contribution in [0.3, 0.4) is 0 Å². The third-order valence-corrected chi connectivity index (χ3v) is 2.93. The highest BCUT2D eigenvalue weighted by Crippen LogP contribution is 2.34. The number of hydrogen-bond acceptors (Lipinski definition) is 3. The van der Waals surface area contributed by atoms with E-state index in [9.17, 15) is 4.79 Å². The Morgan fingerprint density at radius 3 is 2.65 bits per heavy atom. The first kappa shape index (κ1) is 11.5. The summed E-state index contributed by atoms with van der Waals surface area (Å²) in [5.41, 5.74) is 2.45. The zero-order valence-electron chi connectivity index (χ0n) is 10.3. The first-order chi connectivity index (χ1) is 8.04. The molecule has 1 aliphatic heterocycles. The number of carbonyl (C=O) groups is 1. The van der Waals surface area contributed by atoms with Crippen molar-refractivity contribution in [2.24, 2.45) is 0 Å². The Labute approximate surface area is 101 Å². The fraction of sp³-hybridized carbons (Fsp3) is 0.385. The van der Waals surface area contributed by atoms with Crippen molar-refractivity contribution in [2.45, 2.75) is 19.9 Å². The van der Waals surface area contributed by atoms with E-state index in [-0.39, 0.29) is 11.9 Å². The lowest BCUT2D eigenvalue weighted by atomic mass is 10.1. The first-order valence-corrected chi connectivity index (χ1v) is 5.62. The molecule has 0 spiro atoms. The van der Waals surface area contributed by atoms with Gasteiger partial charge in [0.15, 0.2) is 0 Å². The van der Waals surface area contributed by atoms with Crippen molar-refractivity contribution in [3.05, 3.63) is 23.8 Å². The van der Waals surface area contributed by atoms with Crippen LogP contribution in [0.5, 0.6) is 0 Å². The molecule has 0 saturated carbocycles. The van der Waals surface area contributed by atoms with Gasteiger partial charge >= 0.3 is 0 Å². The van der Waals surface area contributed by atoms with Crippen LogP contribution in [-0.4, -0.2) is 25.5 Å². The van der Waals surface area contributed by atoms with Crippen molar-refractivity contribution in [1.29, 1.82) is 5.26 Å². The van der Waals surface area contributed by atoms with Gasteiger partial charge in [0, 0.05) is 13.1 Å². The second-order valence-electron chi connectivity index (χ2n) is 4.53. The minimum absolute atomic E-state index is 0.0970. The summed E-state index contributed by atoms with van der Waals surface area (Å²) in [6.45, 7) is 4.34. The number of anilines is 2. The predicted molar refractivity (Wildman–Crippen MR) is 67.0 cm³/mol. The summed E-state index contributed by atoms with van der Waals surface area (Å²) in [6.07, 6.45) is 0. The lowest BCUT2D eigenvalue weighted by Gasteiger charge is -2.37. The molecule has 4 heteroatoms. The molecule has 0 unspecified atom stereocenters. The van der Waals surface area contributed by atoms with Crippen LogP contribution in [0.4, 0.5) is 11.4 Å². The Morgan fingerprint density at radius 1 is 1.35 bits per heavy atom. The molecule has 17 heavy (non-hydrogen) atoms. The van der Waals surface area contributed by atoms with E-state index in [4.69, 9.17) is 5.26 Å². The van der Waals surface area contributed by atoms with Crippen molar-refractivity contribution in [3.63, 3.8) is 0 Å². The van der Waals surface area contributed by atoms with Gasteiger partial charge in [0.05, 0.1) is 29.6 Å². The Balaban J connectivity index is 2.56. The van der Waals surface area contributed by atoms with Crippen molar-refractivity contribution < 1.29 is 4.79 Å². The lowest BCUT2D eigenvalue weighted by Crippen LogP contribution is -2.47. The highest BCUT2D eigenvalue weighted by Gasteiger charge is 2.29. The van der Waals surface area contributed by atoms with Gasteiger partial charge in [-0.1, -0.05) is 0 Å². The smallest absolute Gasteiger partial charge is 0.246 e. The fourth-order valence-corrected chi connectivity index (χ4v) is 2.17. The van der Waals surface area contributed by atoms with Crippen LogP contribution in [0.1, 0.15) is 19.4 Å². The number of nitrogens with zero attached hydrogens (tertiary/aromatic N) is 3. The van der Waals surface area contributed by atoms with E-state index in [0.717, 1.165) is 11.4 Å². The molecule has 0 aliphatic carbocycles. The van der Waals surface area contributed by atoms with E-state index >= 15 is 0 Å². The predicted octanol–water partition coefficient (Wildman–Crippen LogP) is 1.75. The molecule has 1 aromatic rings. The van der Waals surface area contributed by atoms with E-state index in [0.29, 0.717) is 12.1 Å². The molecule has 2 rings (SSSR count). The van der Waals surface area contributed by atoms with Gasteiger partial charge in [0.2, 0.25) is 5.91 Å². The number of benzene rings is 1. The van der Waals surface area contributed by atoms with Crippen LogP contribution in [-0.2, 0) is 4.79 Å². The quantitative estimate of drug-likeness (QED) is 0.737. The molecule has 0 N–H and O–H groups in total. The zero-order valence-corrected chi connectivity index (χ0v) is 10.3. The summed E-state index contributed by atoms with van der Waals surface area (Å²) >= 11 is 0. The van der Waals surface area contributed by atoms with Crippen LogP contribution in [0.25, 0.3) is 0 Å². The van der Waals surface area contributed by atoms with E-state index in [1.807, 2.05) is 37.9 Å². The molecule has 0 fully saturated rings. The van der Waals surface area contributed by atoms with E-state index in [1.165, 1.54) is 0 Å². The van der Waals surface area contributed by atoms with Gasteiger partial charge in [-0.25, -0.2) is 0 Å². The fourth-order valence-electron chi connectivity index (χ4n) is 2.17. The number of amides is 1. The molecule has 1 amide bonds. The molecule has 0 atom stereocenters. The molecule has 1 heterocycles. The van der Waals surface area contributed by atoms with E-state index in [2.05, 4.69) is 6.07 Å². The SMILES string of the molecule is CC(C)N1C(=O)CN(C)c2cc(C#N)ccc21. The van der Waals surface area contributed by atoms with Crippen molar-refractivity contribution >= 4 is 17.3 Å². The standard InChI is InChI=1S/C13H15N3O/c1-9(2)16-11-5-4-10(7-14)6-12(11)15(3)8-13(16)17/h4-6,9H,8H2,1-3H3. The molecular formula is C13H15N3O. The van der Waals surface area contributed by atoms with Crippen molar-refractivity contribution in [2.75, 3.05) is 23.4 Å². The van der Waals surface area contributed by atoms with Gasteiger partial charge in [-0.3, -0.25) is 4.79 Å². The molecule has 0 saturated heterocycles. The monoisotopic (exact) mass is 229 g/mol. The minimum Gasteiger partial charge on any atom is -0.364 e. The molecule has 88 valence electrons. The number of hydrogen-bond donors (Lipinski definition) is 0. The number of likely N-dealkylation sites (N-methyl/N-ethyl adjacent to an activating group) is 1. The highest BCUT2D eigenvalue weighted by atomic mass is 16.2. The second kappa shape index (κ2) is 4.10. The Morgan fingerprint density at radius 2 is 2.06 bits per heavy atom. The molecule has 1 aliphatic rings. The summed E-state index contributed by atoms with van der Waals surface area (Å²) in [6, 6.07) is 7.68. The van der Waals surface area contributed by atoms with Crippen LogP contribution in [0, 0.1) is 11.3 Å². The third-order valence-electron chi connectivity index (χ3n) is 2.93. The van der Waals surface area contributed by atoms with Gasteiger partial charge in [-0.2, -0.15) is 5.26 Å². The van der Waals surface area contributed by atoms with Gasteiger partial charge in [-0.15, -0.1) is 0 Å². The van der Waals surface area contributed by atoms with Crippen molar-refractivity contribution in [1.82, 2.24) is 0 Å². The lowest BCUT2D eigenvalue weighted by molar-refractivity contribution is -0.117. The second-order valence-corrected chi connectivity index (χ2v) is 4.53. The maximum Gasteiger partial charge on any atom is 0.246 e. The van der Waals surface area contributed by atoms with Gasteiger partial charge in [0.1, 0.15) is 0 Å². The molecule has 0 aromatic heterocycles. The highest BCUT2D eigenvalue weighted by molar-refractivity contribution is 6.03. The van der Waals surface area contributed by atoms with E-state index < -0.39 is 0 Å². The summed E-state index contributed by atoms with van der Waals surface area (Å²) in [4.78, 5) is 15.7. The average Bonchev–Trinajstić information content (AvgIpc) is 2.28. The summed E-state index contributed by atoms with van der Waals surface area (Å²) in [7, 11) is 1.87. The average molecular weight is 229 g/mol. The minimum atomic E-state index is 0.0970. The maximum absolute atomic E-state index is 12.0. The summed E-state index contributed by atoms with van der Waals surface area (Å²) < 4.78 is 0. The molecule has 0 radical (unpaired) electrons. The van der Waals surface area contributed by atoms with E-state index in [1.54, 1.807) is 11.0 Å². The number of carbonyl (C=O) groups excluding carboxylic acids is 1. The van der Waals surface area contributed by atoms with Gasteiger partial charge < -0.3 is 9.80 Å². The zero-order chi connectivity index (χ0) is 12.6. The largest absolute Gasteiger partial charge is 0.364 e. The Kier molecular flexibility index (Phi) is 2.76. The van der Waals surface area contributed by atoms with Crippen LogP contribution in [0.2, 0.25) is 0 Å². The van der Waals surface area contributed by atoms with Crippen LogP contribution >= 0.6 is 0 Å². The summed E-state index contributed by atoms with van der Waals surface area (Å²) in [5.74, 6) is 0.0970. The molecule has 1 aromatic carbocycles. The first-order valence-electron chi connectivity index (χ1n) is 5.62. The van der Waals surface area contributed by atoms with Gasteiger partial charge in [-0.05, 0) is 32.0 Å². The molecule has 4 nitrogen and oxygen atoms in total. The Bertz CT molecular complexity index is 502. The topological polar surface area (TPSA) is 47.3 Å². The molecular weight excluding hydrogens is 214 g/mol. The number of nitriles is 1. The normalized spacial score (nSPS) is 14.9. The van der Waals surface area contributed by atoms with Crippen LogP contribution < -0.4 is 9.80 Å². The Hall–Kier alpha value is -2.02. The maximum atomic E-state index is 12.0. The number of fused-ring (bicyclic) bond motifs is 1. The van der Waals surface area contributed by atoms with Crippen LogP contribution in [0.15, 0.2) is 18.2 Å².